The quantitative estimate of drug-likeness (QED) is 0.138. The first-order valence-corrected chi connectivity index (χ1v) is 20.8. The molecular formula is C57H40N4O. The number of anilines is 6. The molecule has 5 nitrogen and oxygen atoms in total. The predicted molar refractivity (Wildman–Crippen MR) is 257 cm³/mol. The third kappa shape index (κ3) is 6.97. The lowest BCUT2D eigenvalue weighted by atomic mass is 10.1. The van der Waals surface area contributed by atoms with Gasteiger partial charge >= 0.3 is 0 Å². The number of hydrogen-bond acceptors (Lipinski definition) is 4. The molecule has 0 fully saturated rings. The molecule has 0 bridgehead atoms. The Bertz CT molecular complexity index is 3180. The van der Waals surface area contributed by atoms with Crippen LogP contribution in [0.2, 0.25) is 0 Å². The molecule has 0 saturated carbocycles. The second-order valence-electron chi connectivity index (χ2n) is 15.3. The van der Waals surface area contributed by atoms with Crippen molar-refractivity contribution in [2.75, 3.05) is 9.80 Å². The first-order chi connectivity index (χ1) is 30.7. The van der Waals surface area contributed by atoms with E-state index in [1.165, 1.54) is 0 Å². The van der Waals surface area contributed by atoms with E-state index in [1.54, 1.807) is 0 Å². The van der Waals surface area contributed by atoms with Crippen LogP contribution in [0.3, 0.4) is 0 Å². The number of pyridine rings is 1. The highest BCUT2D eigenvalue weighted by molar-refractivity contribution is 6.00. The highest BCUT2D eigenvalue weighted by Gasteiger charge is 2.19. The van der Waals surface area contributed by atoms with Gasteiger partial charge in [-0.2, -0.15) is 0 Å². The Morgan fingerprint density at radius 3 is 1.42 bits per heavy atom. The Balaban J connectivity index is 1.00. The molecule has 62 heavy (non-hydrogen) atoms. The minimum Gasteiger partial charge on any atom is -0.456 e. The van der Waals surface area contributed by atoms with Gasteiger partial charge in [-0.05, 0) is 139 Å². The van der Waals surface area contributed by atoms with Gasteiger partial charge in [-0.1, -0.05) is 103 Å². The van der Waals surface area contributed by atoms with E-state index < -0.39 is 0 Å². The summed E-state index contributed by atoms with van der Waals surface area (Å²) in [4.78, 5) is 8.97. The second-order valence-corrected chi connectivity index (χ2v) is 15.3. The monoisotopic (exact) mass is 796 g/mol. The fourth-order valence-corrected chi connectivity index (χ4v) is 8.49. The number of furan rings is 1. The van der Waals surface area contributed by atoms with Crippen LogP contribution in [0.25, 0.3) is 61.3 Å². The van der Waals surface area contributed by atoms with Crippen molar-refractivity contribution in [1.82, 2.24) is 9.55 Å². The molecule has 0 amide bonds. The van der Waals surface area contributed by atoms with Gasteiger partial charge in [0.15, 0.2) is 0 Å². The van der Waals surface area contributed by atoms with E-state index in [-0.39, 0.29) is 0 Å². The van der Waals surface area contributed by atoms with E-state index in [0.717, 1.165) is 95.4 Å². The van der Waals surface area contributed by atoms with Gasteiger partial charge in [0.25, 0.3) is 0 Å². The summed E-state index contributed by atoms with van der Waals surface area (Å²) in [5, 5.41) is 2.13. The van der Waals surface area contributed by atoms with Crippen molar-refractivity contribution >= 4 is 56.0 Å². The highest BCUT2D eigenvalue weighted by Crippen LogP contribution is 2.41. The van der Waals surface area contributed by atoms with Crippen molar-refractivity contribution in [2.45, 2.75) is 0 Å². The third-order valence-corrected chi connectivity index (χ3v) is 11.4. The fraction of sp³-hybridized carbons (Fsp3) is 0. The largest absolute Gasteiger partial charge is 0.456 e. The lowest BCUT2D eigenvalue weighted by Gasteiger charge is -2.25. The van der Waals surface area contributed by atoms with Crippen LogP contribution in [0.4, 0.5) is 34.1 Å². The molecule has 0 radical (unpaired) electrons. The van der Waals surface area contributed by atoms with Crippen molar-refractivity contribution < 1.29 is 4.42 Å². The highest BCUT2D eigenvalue weighted by atomic mass is 16.3. The zero-order valence-electron chi connectivity index (χ0n) is 33.8. The molecule has 0 N–H and O–H groups in total. The smallest absolute Gasteiger partial charge is 0.135 e. The maximum Gasteiger partial charge on any atom is 0.135 e. The lowest BCUT2D eigenvalue weighted by molar-refractivity contribution is 0.632. The maximum absolute atomic E-state index is 6.66. The average Bonchev–Trinajstić information content (AvgIpc) is 3.94. The molecule has 5 heteroatoms. The van der Waals surface area contributed by atoms with Crippen molar-refractivity contribution in [3.8, 4) is 39.4 Å². The summed E-state index contributed by atoms with van der Waals surface area (Å²) in [6, 6.07) is 81.2. The molecule has 0 atom stereocenters. The number of fused-ring (bicyclic) bond motifs is 2. The number of rotatable bonds is 10. The topological polar surface area (TPSA) is 37.4 Å². The van der Waals surface area contributed by atoms with E-state index in [9.17, 15) is 0 Å². The van der Waals surface area contributed by atoms with Crippen LogP contribution in [-0.2, 0) is 0 Å². The van der Waals surface area contributed by atoms with Gasteiger partial charge in [0, 0.05) is 74.1 Å². The molecule has 0 aliphatic heterocycles. The maximum atomic E-state index is 6.66. The summed E-state index contributed by atoms with van der Waals surface area (Å²) < 4.78 is 9.03. The number of hydrogen-bond donors (Lipinski definition) is 0. The number of benzene rings is 8. The van der Waals surface area contributed by atoms with Gasteiger partial charge in [0.05, 0.1) is 11.2 Å². The molecule has 0 aliphatic rings. The Hall–Kier alpha value is -8.41. The molecule has 294 valence electrons. The van der Waals surface area contributed by atoms with Crippen LogP contribution in [0.15, 0.2) is 247 Å². The van der Waals surface area contributed by atoms with E-state index >= 15 is 0 Å². The molecule has 0 aliphatic carbocycles. The van der Waals surface area contributed by atoms with Crippen LogP contribution in [0, 0.1) is 0 Å². The molecule has 11 aromatic rings. The van der Waals surface area contributed by atoms with Crippen molar-refractivity contribution in [3.05, 3.63) is 243 Å². The molecule has 8 aromatic carbocycles. The molecule has 0 spiro atoms. The van der Waals surface area contributed by atoms with Gasteiger partial charge in [0.1, 0.15) is 11.3 Å². The number of para-hydroxylation sites is 4. The van der Waals surface area contributed by atoms with E-state index in [4.69, 9.17) is 4.42 Å². The number of nitrogens with zero attached hydrogens (tertiary/aromatic N) is 4. The zero-order chi connectivity index (χ0) is 41.2. The SMILES string of the molecule is c1ccc(N(c2ccccc2)c2ccc(-c3cc4cc5c(cc(-c6ccc(N(c7ccccc7)c7ccccc7)cc6)n5-c5cccc(-c6cccnc6)c5)cc4o3)cc2)cc1. The van der Waals surface area contributed by atoms with Crippen molar-refractivity contribution in [2.24, 2.45) is 0 Å². The van der Waals surface area contributed by atoms with Crippen LogP contribution < -0.4 is 9.80 Å². The normalized spacial score (nSPS) is 11.2. The summed E-state index contributed by atoms with van der Waals surface area (Å²) in [7, 11) is 0. The van der Waals surface area contributed by atoms with Gasteiger partial charge in [-0.3, -0.25) is 4.98 Å². The van der Waals surface area contributed by atoms with Gasteiger partial charge in [-0.25, -0.2) is 0 Å². The third-order valence-electron chi connectivity index (χ3n) is 11.4. The van der Waals surface area contributed by atoms with Crippen molar-refractivity contribution in [3.63, 3.8) is 0 Å². The summed E-state index contributed by atoms with van der Waals surface area (Å²) >= 11 is 0. The molecule has 3 aromatic heterocycles. The number of aromatic nitrogens is 2. The van der Waals surface area contributed by atoms with Crippen molar-refractivity contribution in [1.29, 1.82) is 0 Å². The van der Waals surface area contributed by atoms with Gasteiger partial charge < -0.3 is 18.8 Å². The Labute approximate surface area is 360 Å². The summed E-state index contributed by atoms with van der Waals surface area (Å²) in [5.41, 5.74) is 15.0. The van der Waals surface area contributed by atoms with Crippen LogP contribution >= 0.6 is 0 Å². The van der Waals surface area contributed by atoms with E-state index in [0.29, 0.717) is 0 Å². The Kier molecular flexibility index (Phi) is 9.45. The molecule has 11 rings (SSSR count). The zero-order valence-corrected chi connectivity index (χ0v) is 33.8. The first-order valence-electron chi connectivity index (χ1n) is 20.8. The second kappa shape index (κ2) is 16.0. The van der Waals surface area contributed by atoms with Gasteiger partial charge in [-0.15, -0.1) is 0 Å². The average molecular weight is 797 g/mol. The van der Waals surface area contributed by atoms with E-state index in [2.05, 4.69) is 232 Å². The standard InChI is InChI=1S/C57H40N4O/c1-5-17-47(18-6-1)59(48-19-7-2-8-20-48)51-30-26-41(27-31-51)54-36-45-38-57-46(37-55(45)61(54)53-25-13-15-43(35-53)44-16-14-34-58-40-44)39-56(62-57)42-28-32-52(33-29-42)60(49-21-9-3-10-22-49)50-23-11-4-12-24-50/h1-40H. The summed E-state index contributed by atoms with van der Waals surface area (Å²) in [6.45, 7) is 0. The van der Waals surface area contributed by atoms with Crippen LogP contribution in [0.5, 0.6) is 0 Å². The minimum atomic E-state index is 0.826. The van der Waals surface area contributed by atoms with E-state index in [1.807, 2.05) is 30.6 Å². The predicted octanol–water partition coefficient (Wildman–Crippen LogP) is 15.7. The lowest BCUT2D eigenvalue weighted by Crippen LogP contribution is -2.09. The van der Waals surface area contributed by atoms with Crippen LogP contribution in [-0.4, -0.2) is 9.55 Å². The summed E-state index contributed by atoms with van der Waals surface area (Å²) in [6.07, 6.45) is 3.73. The minimum absolute atomic E-state index is 0.826. The van der Waals surface area contributed by atoms with Crippen LogP contribution in [0.1, 0.15) is 0 Å². The molecule has 0 saturated heterocycles. The molecular weight excluding hydrogens is 757 g/mol. The molecule has 3 heterocycles. The fourth-order valence-electron chi connectivity index (χ4n) is 8.49. The van der Waals surface area contributed by atoms with Gasteiger partial charge in [0.2, 0.25) is 0 Å². The Morgan fingerprint density at radius 2 is 0.887 bits per heavy atom. The first kappa shape index (κ1) is 36.7. The molecule has 0 unspecified atom stereocenters. The summed E-state index contributed by atoms with van der Waals surface area (Å²) in [5.74, 6) is 0.826. The Morgan fingerprint density at radius 1 is 0.371 bits per heavy atom.